The molecule has 3 heteroatoms. The molecule has 0 aliphatic carbocycles. The van der Waals surface area contributed by atoms with E-state index in [1.165, 1.54) is 6.92 Å². The summed E-state index contributed by atoms with van der Waals surface area (Å²) in [6, 6.07) is 0. The van der Waals surface area contributed by atoms with Crippen molar-refractivity contribution >= 4 is 17.9 Å². The van der Waals surface area contributed by atoms with Crippen LogP contribution in [0.3, 0.4) is 0 Å². The third-order valence-corrected chi connectivity index (χ3v) is 1.90. The lowest BCUT2D eigenvalue weighted by Gasteiger charge is -2.11. The van der Waals surface area contributed by atoms with Gasteiger partial charge in [0, 0.05) is 19.8 Å². The first-order valence-corrected chi connectivity index (χ1v) is 4.11. The summed E-state index contributed by atoms with van der Waals surface area (Å²) in [6.45, 7) is 6.65. The van der Waals surface area contributed by atoms with Crippen LogP contribution in [0.4, 0.5) is 0 Å². The molecule has 0 fully saturated rings. The van der Waals surface area contributed by atoms with Crippen molar-refractivity contribution in [1.82, 2.24) is 0 Å². The largest absolute Gasteiger partial charge is 0.303 e. The Morgan fingerprint density at radius 2 is 1.92 bits per heavy atom. The van der Waals surface area contributed by atoms with Gasteiger partial charge in [0.1, 0.15) is 6.29 Å². The highest BCUT2D eigenvalue weighted by atomic mass is 16.2. The van der Waals surface area contributed by atoms with E-state index in [4.69, 9.17) is 0 Å². The molecule has 72 valence electrons. The van der Waals surface area contributed by atoms with Gasteiger partial charge in [-0.25, -0.2) is 0 Å². The number of rotatable bonds is 6. The standard InChI is InChI=1S/C10H14O3/c1-7(2)9(4-5-11)6-10(13)8(3)12/h5,9H,1,4,6H2,2-3H3. The van der Waals surface area contributed by atoms with Crippen LogP contribution < -0.4 is 0 Å². The minimum absolute atomic E-state index is 0.101. The molecule has 0 aliphatic rings. The van der Waals surface area contributed by atoms with Gasteiger partial charge in [0.05, 0.1) is 0 Å². The van der Waals surface area contributed by atoms with Crippen molar-refractivity contribution in [3.8, 4) is 0 Å². The molecule has 1 atom stereocenters. The average molecular weight is 182 g/mol. The maximum atomic E-state index is 11.0. The first-order chi connectivity index (χ1) is 5.99. The van der Waals surface area contributed by atoms with Crippen molar-refractivity contribution in [1.29, 1.82) is 0 Å². The van der Waals surface area contributed by atoms with Crippen LogP contribution in [0, 0.1) is 5.92 Å². The molecule has 0 heterocycles. The summed E-state index contributed by atoms with van der Waals surface area (Å²) in [5, 5.41) is 0. The quantitative estimate of drug-likeness (QED) is 0.353. The fourth-order valence-corrected chi connectivity index (χ4v) is 0.942. The molecule has 0 N–H and O–H groups in total. The van der Waals surface area contributed by atoms with E-state index in [1.807, 2.05) is 0 Å². The van der Waals surface area contributed by atoms with Gasteiger partial charge in [0.15, 0.2) is 11.6 Å². The Balaban J connectivity index is 4.25. The number of carbonyl (C=O) groups excluding carboxylic acids is 3. The average Bonchev–Trinajstić information content (AvgIpc) is 2.03. The third-order valence-electron chi connectivity index (χ3n) is 1.90. The Morgan fingerprint density at radius 1 is 1.38 bits per heavy atom. The van der Waals surface area contributed by atoms with E-state index in [1.54, 1.807) is 6.92 Å². The number of hydrogen-bond acceptors (Lipinski definition) is 3. The highest BCUT2D eigenvalue weighted by Crippen LogP contribution is 2.16. The Morgan fingerprint density at radius 3 is 2.23 bits per heavy atom. The highest BCUT2D eigenvalue weighted by molar-refractivity contribution is 6.36. The normalized spacial score (nSPS) is 11.8. The van der Waals surface area contributed by atoms with Crippen molar-refractivity contribution in [2.75, 3.05) is 0 Å². The summed E-state index contributed by atoms with van der Waals surface area (Å²) in [4.78, 5) is 31.9. The third kappa shape index (κ3) is 4.35. The summed E-state index contributed by atoms with van der Waals surface area (Å²) in [5.74, 6) is -1.08. The van der Waals surface area contributed by atoms with E-state index < -0.39 is 11.6 Å². The van der Waals surface area contributed by atoms with Crippen molar-refractivity contribution in [3.05, 3.63) is 12.2 Å². The van der Waals surface area contributed by atoms with Gasteiger partial charge in [-0.1, -0.05) is 12.2 Å². The number of hydrogen-bond donors (Lipinski definition) is 0. The predicted molar refractivity (Wildman–Crippen MR) is 49.3 cm³/mol. The summed E-state index contributed by atoms with van der Waals surface area (Å²) in [7, 11) is 0. The smallest absolute Gasteiger partial charge is 0.198 e. The highest BCUT2D eigenvalue weighted by Gasteiger charge is 2.16. The van der Waals surface area contributed by atoms with Gasteiger partial charge in [0.25, 0.3) is 0 Å². The molecule has 0 saturated heterocycles. The van der Waals surface area contributed by atoms with E-state index in [-0.39, 0.29) is 18.8 Å². The van der Waals surface area contributed by atoms with Crippen LogP contribution in [0.2, 0.25) is 0 Å². The minimum Gasteiger partial charge on any atom is -0.303 e. The number of ketones is 2. The van der Waals surface area contributed by atoms with E-state index >= 15 is 0 Å². The Bertz CT molecular complexity index is 241. The van der Waals surface area contributed by atoms with Gasteiger partial charge < -0.3 is 4.79 Å². The molecular weight excluding hydrogens is 168 g/mol. The molecule has 13 heavy (non-hydrogen) atoms. The van der Waals surface area contributed by atoms with Gasteiger partial charge in [-0.15, -0.1) is 0 Å². The molecule has 0 rings (SSSR count). The van der Waals surface area contributed by atoms with Crippen molar-refractivity contribution < 1.29 is 14.4 Å². The molecule has 1 unspecified atom stereocenters. The van der Waals surface area contributed by atoms with Gasteiger partial charge in [-0.3, -0.25) is 9.59 Å². The molecule has 0 aliphatic heterocycles. The van der Waals surface area contributed by atoms with Gasteiger partial charge in [-0.2, -0.15) is 0 Å². The molecule has 0 aromatic carbocycles. The molecule has 0 aromatic rings. The second-order valence-electron chi connectivity index (χ2n) is 3.13. The van der Waals surface area contributed by atoms with E-state index in [0.717, 1.165) is 11.9 Å². The van der Waals surface area contributed by atoms with Crippen LogP contribution in [0.5, 0.6) is 0 Å². The maximum absolute atomic E-state index is 11.0. The zero-order valence-corrected chi connectivity index (χ0v) is 8.00. The Kier molecular flexibility index (Phi) is 4.89. The number of allylic oxidation sites excluding steroid dienone is 1. The number of carbonyl (C=O) groups is 3. The molecule has 3 nitrogen and oxygen atoms in total. The second kappa shape index (κ2) is 5.41. The van der Waals surface area contributed by atoms with Crippen LogP contribution in [-0.4, -0.2) is 17.9 Å². The summed E-state index contributed by atoms with van der Waals surface area (Å²) < 4.78 is 0. The summed E-state index contributed by atoms with van der Waals surface area (Å²) in [5.41, 5.74) is 0.765. The van der Waals surface area contributed by atoms with Crippen LogP contribution in [0.15, 0.2) is 12.2 Å². The van der Waals surface area contributed by atoms with Gasteiger partial charge >= 0.3 is 0 Å². The van der Waals surface area contributed by atoms with E-state index in [2.05, 4.69) is 6.58 Å². The van der Waals surface area contributed by atoms with Crippen molar-refractivity contribution in [2.45, 2.75) is 26.7 Å². The van der Waals surface area contributed by atoms with Crippen LogP contribution in [0.1, 0.15) is 26.7 Å². The van der Waals surface area contributed by atoms with Crippen LogP contribution in [0.25, 0.3) is 0 Å². The summed E-state index contributed by atoms with van der Waals surface area (Å²) >= 11 is 0. The second-order valence-corrected chi connectivity index (χ2v) is 3.13. The topological polar surface area (TPSA) is 51.2 Å². The van der Waals surface area contributed by atoms with Gasteiger partial charge in [0.2, 0.25) is 0 Å². The van der Waals surface area contributed by atoms with Crippen LogP contribution >= 0.6 is 0 Å². The predicted octanol–water partition coefficient (Wildman–Crippen LogP) is 1.32. The van der Waals surface area contributed by atoms with E-state index in [9.17, 15) is 14.4 Å². The van der Waals surface area contributed by atoms with Gasteiger partial charge in [-0.05, 0) is 12.8 Å². The minimum atomic E-state index is -0.461. The lowest BCUT2D eigenvalue weighted by molar-refractivity contribution is -0.135. The van der Waals surface area contributed by atoms with Crippen molar-refractivity contribution in [3.63, 3.8) is 0 Å². The monoisotopic (exact) mass is 182 g/mol. The maximum Gasteiger partial charge on any atom is 0.198 e. The number of aldehydes is 1. The molecule has 0 spiro atoms. The molecule has 0 radical (unpaired) electrons. The SMILES string of the molecule is C=C(C)C(CC=O)CC(=O)C(C)=O. The first kappa shape index (κ1) is 11.8. The fraction of sp³-hybridized carbons (Fsp3) is 0.500. The zero-order chi connectivity index (χ0) is 10.4. The van der Waals surface area contributed by atoms with E-state index in [0.29, 0.717) is 0 Å². The summed E-state index contributed by atoms with van der Waals surface area (Å²) in [6.07, 6.45) is 1.10. The molecule has 0 aromatic heterocycles. The lowest BCUT2D eigenvalue weighted by atomic mass is 9.92. The molecule has 0 amide bonds. The lowest BCUT2D eigenvalue weighted by Crippen LogP contribution is -2.16. The molecule has 0 bridgehead atoms. The van der Waals surface area contributed by atoms with Crippen molar-refractivity contribution in [2.24, 2.45) is 5.92 Å². The molecular formula is C10H14O3. The fourth-order valence-electron chi connectivity index (χ4n) is 0.942. The zero-order valence-electron chi connectivity index (χ0n) is 8.00. The number of Topliss-reactive ketones (excluding diaryl/α,β-unsaturated/α-hetero) is 2. The Labute approximate surface area is 77.8 Å². The Hall–Kier alpha value is -1.25. The first-order valence-electron chi connectivity index (χ1n) is 4.11. The molecule has 0 saturated carbocycles. The van der Waals surface area contributed by atoms with Crippen LogP contribution in [-0.2, 0) is 14.4 Å².